The molecule has 0 unspecified atom stereocenters. The van der Waals surface area contributed by atoms with Gasteiger partial charge in [0.15, 0.2) is 11.5 Å². The quantitative estimate of drug-likeness (QED) is 0.641. The van der Waals surface area contributed by atoms with Crippen LogP contribution >= 0.6 is 24.8 Å². The van der Waals surface area contributed by atoms with E-state index in [0.717, 1.165) is 56.1 Å². The van der Waals surface area contributed by atoms with Crippen LogP contribution in [0, 0.1) is 5.82 Å². The Hall–Kier alpha value is -1.73. The molecule has 1 saturated heterocycles. The van der Waals surface area contributed by atoms with E-state index in [1.807, 2.05) is 24.3 Å². The molecule has 0 aliphatic carbocycles. The summed E-state index contributed by atoms with van der Waals surface area (Å²) in [5.74, 6) is 1.84. The molecule has 0 saturated carbocycles. The van der Waals surface area contributed by atoms with Gasteiger partial charge in [-0.2, -0.15) is 0 Å². The highest BCUT2D eigenvalue weighted by molar-refractivity contribution is 5.85. The Kier molecular flexibility index (Phi) is 10.5. The van der Waals surface area contributed by atoms with E-state index in [-0.39, 0.29) is 30.6 Å². The van der Waals surface area contributed by atoms with Gasteiger partial charge in [0.1, 0.15) is 5.82 Å². The van der Waals surface area contributed by atoms with Crippen LogP contribution in [0.3, 0.4) is 0 Å². The van der Waals surface area contributed by atoms with Gasteiger partial charge < -0.3 is 14.2 Å². The van der Waals surface area contributed by atoms with Crippen LogP contribution in [-0.4, -0.2) is 57.3 Å². The molecule has 162 valence electrons. The van der Waals surface area contributed by atoms with E-state index in [0.29, 0.717) is 11.5 Å². The van der Waals surface area contributed by atoms with E-state index >= 15 is 0 Å². The molecule has 29 heavy (non-hydrogen) atoms. The number of nitrogens with zero attached hydrogens (tertiary/aromatic N) is 2. The maximum Gasteiger partial charge on any atom is 0.203 e. The van der Waals surface area contributed by atoms with Crippen LogP contribution in [0.4, 0.5) is 4.39 Å². The molecule has 0 amide bonds. The van der Waals surface area contributed by atoms with Gasteiger partial charge in [-0.15, -0.1) is 24.8 Å². The van der Waals surface area contributed by atoms with E-state index in [1.54, 1.807) is 21.3 Å². The highest BCUT2D eigenvalue weighted by Gasteiger charge is 2.21. The maximum absolute atomic E-state index is 13.0. The smallest absolute Gasteiger partial charge is 0.203 e. The topological polar surface area (TPSA) is 34.2 Å². The molecule has 0 aromatic heterocycles. The van der Waals surface area contributed by atoms with Gasteiger partial charge in [0.2, 0.25) is 5.75 Å². The van der Waals surface area contributed by atoms with E-state index in [4.69, 9.17) is 14.2 Å². The Balaban J connectivity index is 0.00000210. The summed E-state index contributed by atoms with van der Waals surface area (Å²) in [6.07, 6.45) is 0. The zero-order valence-corrected chi connectivity index (χ0v) is 18.7. The number of piperazine rings is 1. The lowest BCUT2D eigenvalue weighted by atomic mass is 10.1. The summed E-state index contributed by atoms with van der Waals surface area (Å²) in [6, 6.07) is 10.7. The Bertz CT molecular complexity index is 754. The minimum absolute atomic E-state index is 0. The van der Waals surface area contributed by atoms with Gasteiger partial charge in [0, 0.05) is 44.8 Å². The van der Waals surface area contributed by atoms with E-state index in [9.17, 15) is 4.39 Å². The van der Waals surface area contributed by atoms with Crippen molar-refractivity contribution < 1.29 is 18.6 Å². The Morgan fingerprint density at radius 1 is 0.724 bits per heavy atom. The molecule has 1 fully saturated rings. The van der Waals surface area contributed by atoms with Crippen molar-refractivity contribution in [2.75, 3.05) is 47.5 Å². The van der Waals surface area contributed by atoms with Crippen molar-refractivity contribution in [3.05, 3.63) is 53.3 Å². The molecule has 1 heterocycles. The summed E-state index contributed by atoms with van der Waals surface area (Å²) in [5.41, 5.74) is 2.23. The third-order valence-electron chi connectivity index (χ3n) is 4.96. The minimum Gasteiger partial charge on any atom is -0.493 e. The highest BCUT2D eigenvalue weighted by Crippen LogP contribution is 2.40. The Morgan fingerprint density at radius 2 is 1.28 bits per heavy atom. The summed E-state index contributed by atoms with van der Waals surface area (Å²) >= 11 is 0. The lowest BCUT2D eigenvalue weighted by molar-refractivity contribution is 0.121. The molecule has 0 N–H and O–H groups in total. The van der Waals surface area contributed by atoms with Gasteiger partial charge in [0.05, 0.1) is 21.3 Å². The monoisotopic (exact) mass is 446 g/mol. The fraction of sp³-hybridized carbons (Fsp3) is 0.429. The first kappa shape index (κ1) is 25.3. The standard InChI is InChI=1S/C21H27FN2O3.2ClH/c1-25-19-9-6-17(20(26-2)21(19)27-3)15-24-12-10-23(11-13-24)14-16-4-7-18(22)8-5-16;;/h4-9H,10-15H2,1-3H3;2*1H. The fourth-order valence-electron chi connectivity index (χ4n) is 3.48. The predicted molar refractivity (Wildman–Crippen MR) is 118 cm³/mol. The van der Waals surface area contributed by atoms with Gasteiger partial charge in [0.25, 0.3) is 0 Å². The van der Waals surface area contributed by atoms with Crippen molar-refractivity contribution in [2.45, 2.75) is 13.1 Å². The normalized spacial score (nSPS) is 14.5. The van der Waals surface area contributed by atoms with E-state index in [1.165, 1.54) is 12.1 Å². The molecule has 0 radical (unpaired) electrons. The third kappa shape index (κ3) is 6.37. The molecule has 2 aromatic carbocycles. The summed E-state index contributed by atoms with van der Waals surface area (Å²) in [4.78, 5) is 4.81. The number of hydrogen-bond acceptors (Lipinski definition) is 5. The van der Waals surface area contributed by atoms with Crippen molar-refractivity contribution in [3.8, 4) is 17.2 Å². The Labute approximate surface area is 184 Å². The second kappa shape index (κ2) is 12.1. The number of methoxy groups -OCH3 is 3. The second-order valence-corrected chi connectivity index (χ2v) is 6.67. The predicted octanol–water partition coefficient (Wildman–Crippen LogP) is 4.01. The molecule has 5 nitrogen and oxygen atoms in total. The average Bonchev–Trinajstić information content (AvgIpc) is 2.70. The number of benzene rings is 2. The van der Waals surface area contributed by atoms with Crippen molar-refractivity contribution >= 4 is 24.8 Å². The summed E-state index contributed by atoms with van der Waals surface area (Å²) in [5, 5.41) is 0. The largest absolute Gasteiger partial charge is 0.493 e. The molecular formula is C21H29Cl2FN2O3. The number of halogens is 3. The first-order chi connectivity index (χ1) is 13.1. The first-order valence-corrected chi connectivity index (χ1v) is 9.11. The van der Waals surface area contributed by atoms with Crippen molar-refractivity contribution in [2.24, 2.45) is 0 Å². The summed E-state index contributed by atoms with van der Waals surface area (Å²) < 4.78 is 29.5. The van der Waals surface area contributed by atoms with Crippen LogP contribution in [0.25, 0.3) is 0 Å². The Morgan fingerprint density at radius 3 is 1.79 bits per heavy atom. The second-order valence-electron chi connectivity index (χ2n) is 6.67. The van der Waals surface area contributed by atoms with Crippen LogP contribution < -0.4 is 14.2 Å². The van der Waals surface area contributed by atoms with Crippen molar-refractivity contribution in [3.63, 3.8) is 0 Å². The van der Waals surface area contributed by atoms with Crippen molar-refractivity contribution in [1.29, 1.82) is 0 Å². The molecule has 2 aromatic rings. The van der Waals surface area contributed by atoms with Gasteiger partial charge >= 0.3 is 0 Å². The van der Waals surface area contributed by atoms with Gasteiger partial charge in [-0.25, -0.2) is 4.39 Å². The summed E-state index contributed by atoms with van der Waals surface area (Å²) in [6.45, 7) is 5.55. The van der Waals surface area contributed by atoms with Crippen LogP contribution in [0.15, 0.2) is 36.4 Å². The molecule has 1 aliphatic rings. The van der Waals surface area contributed by atoms with E-state index < -0.39 is 0 Å². The summed E-state index contributed by atoms with van der Waals surface area (Å²) in [7, 11) is 4.90. The lowest BCUT2D eigenvalue weighted by Crippen LogP contribution is -2.45. The lowest BCUT2D eigenvalue weighted by Gasteiger charge is -2.35. The molecule has 8 heteroatoms. The fourth-order valence-corrected chi connectivity index (χ4v) is 3.48. The van der Waals surface area contributed by atoms with Crippen molar-refractivity contribution in [1.82, 2.24) is 9.80 Å². The highest BCUT2D eigenvalue weighted by atomic mass is 35.5. The average molecular weight is 447 g/mol. The molecule has 0 spiro atoms. The number of ether oxygens (including phenoxy) is 3. The SMILES string of the molecule is COc1ccc(CN2CCN(Cc3ccc(F)cc3)CC2)c(OC)c1OC.Cl.Cl. The van der Waals surface area contributed by atoms with Crippen LogP contribution in [0.5, 0.6) is 17.2 Å². The third-order valence-corrected chi connectivity index (χ3v) is 4.96. The van der Waals surface area contributed by atoms with Crippen LogP contribution in [0.2, 0.25) is 0 Å². The first-order valence-electron chi connectivity index (χ1n) is 9.11. The molecule has 3 rings (SSSR count). The number of hydrogen-bond donors (Lipinski definition) is 0. The van der Waals surface area contributed by atoms with E-state index in [2.05, 4.69) is 9.80 Å². The molecular weight excluding hydrogens is 418 g/mol. The minimum atomic E-state index is -0.188. The molecule has 1 aliphatic heterocycles. The zero-order valence-electron chi connectivity index (χ0n) is 17.0. The van der Waals surface area contributed by atoms with Gasteiger partial charge in [-0.3, -0.25) is 9.80 Å². The zero-order chi connectivity index (χ0) is 19.2. The number of rotatable bonds is 7. The molecule has 0 atom stereocenters. The maximum atomic E-state index is 13.0. The molecule has 0 bridgehead atoms. The van der Waals surface area contributed by atoms with Gasteiger partial charge in [-0.05, 0) is 23.8 Å². The van der Waals surface area contributed by atoms with Crippen LogP contribution in [0.1, 0.15) is 11.1 Å². The van der Waals surface area contributed by atoms with Gasteiger partial charge in [-0.1, -0.05) is 18.2 Å². The van der Waals surface area contributed by atoms with Crippen LogP contribution in [-0.2, 0) is 13.1 Å².